The third kappa shape index (κ3) is 2.92. The molecule has 8 nitrogen and oxygen atoms in total. The Morgan fingerprint density at radius 1 is 1.50 bits per heavy atom. The fourth-order valence-electron chi connectivity index (χ4n) is 2.62. The van der Waals surface area contributed by atoms with Crippen molar-refractivity contribution >= 4 is 10.2 Å². The van der Waals surface area contributed by atoms with Crippen molar-refractivity contribution in [3.8, 4) is 0 Å². The lowest BCUT2D eigenvalue weighted by molar-refractivity contribution is 0.322. The van der Waals surface area contributed by atoms with E-state index in [0.29, 0.717) is 18.1 Å². The molecule has 0 radical (unpaired) electrons. The molecule has 22 heavy (non-hydrogen) atoms. The van der Waals surface area contributed by atoms with Gasteiger partial charge in [0.15, 0.2) is 5.82 Å². The van der Waals surface area contributed by atoms with Crippen molar-refractivity contribution in [1.29, 1.82) is 0 Å². The van der Waals surface area contributed by atoms with Gasteiger partial charge in [0.05, 0.1) is 18.3 Å². The van der Waals surface area contributed by atoms with E-state index < -0.39 is 16.3 Å². The summed E-state index contributed by atoms with van der Waals surface area (Å²) in [6, 6.07) is 2.69. The van der Waals surface area contributed by atoms with E-state index in [9.17, 15) is 8.42 Å². The van der Waals surface area contributed by atoms with Crippen LogP contribution in [0.5, 0.6) is 0 Å². The molecule has 120 valence electrons. The third-order valence-corrected chi connectivity index (χ3v) is 5.33. The predicted molar refractivity (Wildman–Crippen MR) is 76.9 cm³/mol. The van der Waals surface area contributed by atoms with Gasteiger partial charge in [0.1, 0.15) is 5.76 Å². The number of hydrogen-bond donors (Lipinski definition) is 1. The summed E-state index contributed by atoms with van der Waals surface area (Å²) >= 11 is 0. The Labute approximate surface area is 128 Å². The van der Waals surface area contributed by atoms with Crippen molar-refractivity contribution in [1.82, 2.24) is 19.2 Å². The highest BCUT2D eigenvalue weighted by molar-refractivity contribution is 7.87. The van der Waals surface area contributed by atoms with Crippen LogP contribution in [0.25, 0.3) is 0 Å². The van der Waals surface area contributed by atoms with Crippen LogP contribution in [0.3, 0.4) is 0 Å². The zero-order chi connectivity index (χ0) is 15.7. The molecule has 1 aliphatic rings. The summed E-state index contributed by atoms with van der Waals surface area (Å²) in [4.78, 5) is 4.05. The molecule has 3 heterocycles. The van der Waals surface area contributed by atoms with Gasteiger partial charge in [-0.25, -0.2) is 0 Å². The van der Waals surface area contributed by atoms with Crippen molar-refractivity contribution in [2.45, 2.75) is 38.8 Å². The molecule has 2 atom stereocenters. The van der Waals surface area contributed by atoms with Gasteiger partial charge in [0.2, 0.25) is 5.89 Å². The van der Waals surface area contributed by atoms with Crippen molar-refractivity contribution < 1.29 is 17.4 Å². The average molecular weight is 326 g/mol. The van der Waals surface area contributed by atoms with Crippen molar-refractivity contribution in [2.24, 2.45) is 0 Å². The molecule has 2 aromatic rings. The number of aromatic nitrogens is 2. The number of nitrogens with one attached hydrogen (secondary N) is 1. The molecule has 9 heteroatoms. The van der Waals surface area contributed by atoms with E-state index in [1.54, 1.807) is 32.2 Å². The topological polar surface area (TPSA) is 101 Å². The molecule has 1 N–H and O–H groups in total. The molecule has 1 aliphatic heterocycles. The van der Waals surface area contributed by atoms with E-state index in [0.717, 1.165) is 12.8 Å². The predicted octanol–water partition coefficient (Wildman–Crippen LogP) is 1.70. The quantitative estimate of drug-likeness (QED) is 0.897. The van der Waals surface area contributed by atoms with Crippen LogP contribution in [-0.4, -0.2) is 29.4 Å². The first kappa shape index (κ1) is 15.2. The van der Waals surface area contributed by atoms with Crippen molar-refractivity contribution in [3.63, 3.8) is 0 Å². The Bertz CT molecular complexity index is 725. The lowest BCUT2D eigenvalue weighted by Gasteiger charge is -2.24. The van der Waals surface area contributed by atoms with E-state index in [1.807, 2.05) is 0 Å². The Hall–Kier alpha value is -1.71. The van der Waals surface area contributed by atoms with Crippen LogP contribution in [0.4, 0.5) is 0 Å². The molecular formula is C13H18N4O4S. The molecule has 0 unspecified atom stereocenters. The maximum Gasteiger partial charge on any atom is 0.280 e. The maximum absolute atomic E-state index is 12.6. The number of nitrogens with zero attached hydrogens (tertiary/aromatic N) is 3. The van der Waals surface area contributed by atoms with Crippen molar-refractivity contribution in [2.75, 3.05) is 6.54 Å². The van der Waals surface area contributed by atoms with Gasteiger partial charge < -0.3 is 8.94 Å². The summed E-state index contributed by atoms with van der Waals surface area (Å²) in [6.45, 7) is 3.81. The highest BCUT2D eigenvalue weighted by Gasteiger charge is 2.37. The van der Waals surface area contributed by atoms with Crippen LogP contribution in [0.2, 0.25) is 0 Å². The minimum Gasteiger partial charge on any atom is -0.468 e. The summed E-state index contributed by atoms with van der Waals surface area (Å²) in [5.41, 5.74) is 0. The first-order valence-electron chi connectivity index (χ1n) is 7.10. The summed E-state index contributed by atoms with van der Waals surface area (Å²) in [6.07, 6.45) is 3.08. The normalized spacial score (nSPS) is 21.3. The minimum absolute atomic E-state index is 0.245. The zero-order valence-corrected chi connectivity index (χ0v) is 13.2. The lowest BCUT2D eigenvalue weighted by atomic mass is 10.2. The highest BCUT2D eigenvalue weighted by Crippen LogP contribution is 2.34. The Balaban J connectivity index is 1.77. The number of furan rings is 1. The summed E-state index contributed by atoms with van der Waals surface area (Å²) in [7, 11) is -3.68. The molecule has 0 spiro atoms. The van der Waals surface area contributed by atoms with E-state index in [2.05, 4.69) is 14.9 Å². The van der Waals surface area contributed by atoms with E-state index in [1.165, 1.54) is 4.31 Å². The Kier molecular flexibility index (Phi) is 4.02. The molecule has 0 aliphatic carbocycles. The number of hydrogen-bond acceptors (Lipinski definition) is 6. The number of aryl methyl sites for hydroxylation is 1. The molecule has 1 fully saturated rings. The summed E-state index contributed by atoms with van der Waals surface area (Å²) in [5.74, 6) is 1.37. The molecule has 1 saturated heterocycles. The fraction of sp³-hybridized carbons (Fsp3) is 0.538. The standard InChI is InChI=1S/C13H18N4O4S/c1-9(13-14-10(2)15-21-13)16-22(18,19)17-7-3-5-11(17)12-6-4-8-20-12/h4,6,8-9,11,16H,3,5,7H2,1-2H3/t9-,11+/m0/s1. The van der Waals surface area contributed by atoms with E-state index in [4.69, 9.17) is 8.94 Å². The summed E-state index contributed by atoms with van der Waals surface area (Å²) < 4.78 is 39.6. The molecule has 0 aromatic carbocycles. The Morgan fingerprint density at radius 3 is 2.95 bits per heavy atom. The molecule has 0 bridgehead atoms. The average Bonchev–Trinajstić information content (AvgIpc) is 3.19. The fourth-order valence-corrected chi connectivity index (χ4v) is 4.22. The van der Waals surface area contributed by atoms with Crippen LogP contribution in [0.1, 0.15) is 49.3 Å². The largest absolute Gasteiger partial charge is 0.468 e. The van der Waals surface area contributed by atoms with Gasteiger partial charge in [-0.3, -0.25) is 0 Å². The smallest absolute Gasteiger partial charge is 0.280 e. The van der Waals surface area contributed by atoms with Gasteiger partial charge in [-0.05, 0) is 38.8 Å². The molecule has 2 aromatic heterocycles. The van der Waals surface area contributed by atoms with Gasteiger partial charge in [-0.1, -0.05) is 5.16 Å². The SMILES string of the molecule is Cc1noc([C@H](C)NS(=O)(=O)N2CCC[C@@H]2c2ccco2)n1. The van der Waals surface area contributed by atoms with Crippen LogP contribution in [0.15, 0.2) is 27.3 Å². The highest BCUT2D eigenvalue weighted by atomic mass is 32.2. The second-order valence-corrected chi connectivity index (χ2v) is 6.96. The first-order valence-corrected chi connectivity index (χ1v) is 8.54. The molecule has 3 rings (SSSR count). The lowest BCUT2D eigenvalue weighted by Crippen LogP contribution is -2.41. The second kappa shape index (κ2) is 5.82. The van der Waals surface area contributed by atoms with E-state index in [-0.39, 0.29) is 11.9 Å². The van der Waals surface area contributed by atoms with Crippen LogP contribution in [0, 0.1) is 6.92 Å². The van der Waals surface area contributed by atoms with Crippen LogP contribution >= 0.6 is 0 Å². The first-order chi connectivity index (χ1) is 10.5. The van der Waals surface area contributed by atoms with Crippen LogP contribution < -0.4 is 4.72 Å². The number of rotatable bonds is 5. The van der Waals surface area contributed by atoms with Gasteiger partial charge in [0, 0.05) is 6.54 Å². The van der Waals surface area contributed by atoms with Gasteiger partial charge in [0.25, 0.3) is 10.2 Å². The van der Waals surface area contributed by atoms with E-state index >= 15 is 0 Å². The van der Waals surface area contributed by atoms with Crippen LogP contribution in [-0.2, 0) is 10.2 Å². The van der Waals surface area contributed by atoms with Gasteiger partial charge in [-0.15, -0.1) is 0 Å². The van der Waals surface area contributed by atoms with Gasteiger partial charge in [-0.2, -0.15) is 22.4 Å². The third-order valence-electron chi connectivity index (χ3n) is 3.62. The van der Waals surface area contributed by atoms with Gasteiger partial charge >= 0.3 is 0 Å². The maximum atomic E-state index is 12.6. The molecule has 0 amide bonds. The zero-order valence-electron chi connectivity index (χ0n) is 12.4. The molecule has 0 saturated carbocycles. The summed E-state index contributed by atoms with van der Waals surface area (Å²) in [5, 5.41) is 3.67. The van der Waals surface area contributed by atoms with Crippen molar-refractivity contribution in [3.05, 3.63) is 35.9 Å². The monoisotopic (exact) mass is 326 g/mol. The molecular weight excluding hydrogens is 308 g/mol. The Morgan fingerprint density at radius 2 is 2.32 bits per heavy atom. The second-order valence-electron chi connectivity index (χ2n) is 5.31. The minimum atomic E-state index is -3.68.